The van der Waals surface area contributed by atoms with Crippen LogP contribution in [0.3, 0.4) is 0 Å². The molecule has 1 N–H and O–H groups in total. The quantitative estimate of drug-likeness (QED) is 0.426. The number of hydrogen-bond acceptors (Lipinski definition) is 4. The summed E-state index contributed by atoms with van der Waals surface area (Å²) in [7, 11) is 2.93. The number of fused-ring (bicyclic) bond motifs is 1. The number of rotatable bonds is 4. The Kier molecular flexibility index (Phi) is 5.03. The maximum Gasteiger partial charge on any atom is 0.432 e. The average Bonchev–Trinajstić information content (AvgIpc) is 3.01. The molecule has 0 atom stereocenters. The van der Waals surface area contributed by atoms with E-state index < -0.39 is 11.9 Å². The van der Waals surface area contributed by atoms with Crippen LogP contribution in [-0.2, 0) is 13.2 Å². The van der Waals surface area contributed by atoms with E-state index in [4.69, 9.17) is 16.3 Å². The third-order valence-electron chi connectivity index (χ3n) is 4.67. The monoisotopic (exact) mass is 432 g/mol. The smallest absolute Gasteiger partial charge is 0.432 e. The molecular formula is C21H16ClF3N4O. The first-order valence-electron chi connectivity index (χ1n) is 8.87. The molecule has 0 bridgehead atoms. The number of ether oxygens (including phenoxy) is 1. The molecule has 0 aliphatic rings. The maximum atomic E-state index is 13.9. The second-order valence-electron chi connectivity index (χ2n) is 6.56. The molecule has 2 aromatic carbocycles. The number of anilines is 2. The summed E-state index contributed by atoms with van der Waals surface area (Å²) in [5, 5.41) is 3.73. The van der Waals surface area contributed by atoms with Crippen molar-refractivity contribution in [2.75, 3.05) is 12.4 Å². The average molecular weight is 433 g/mol. The van der Waals surface area contributed by atoms with Gasteiger partial charge in [0, 0.05) is 34.9 Å². The van der Waals surface area contributed by atoms with Crippen molar-refractivity contribution in [3.63, 3.8) is 0 Å². The second-order valence-corrected chi connectivity index (χ2v) is 7.00. The van der Waals surface area contributed by atoms with E-state index in [1.165, 1.54) is 19.3 Å². The lowest BCUT2D eigenvalue weighted by molar-refractivity contribution is -0.142. The fourth-order valence-corrected chi connectivity index (χ4v) is 3.52. The normalized spacial score (nSPS) is 11.7. The van der Waals surface area contributed by atoms with Crippen LogP contribution in [-0.4, -0.2) is 21.6 Å². The first-order valence-corrected chi connectivity index (χ1v) is 9.25. The Labute approximate surface area is 175 Å². The fourth-order valence-electron chi connectivity index (χ4n) is 3.35. The van der Waals surface area contributed by atoms with Crippen molar-refractivity contribution in [1.29, 1.82) is 0 Å². The van der Waals surface area contributed by atoms with Crippen molar-refractivity contribution in [3.8, 4) is 17.1 Å². The molecule has 154 valence electrons. The first kappa shape index (κ1) is 20.0. The lowest BCUT2D eigenvalue weighted by Crippen LogP contribution is -2.13. The zero-order valence-electron chi connectivity index (χ0n) is 16.0. The molecule has 5 nitrogen and oxygen atoms in total. The topological polar surface area (TPSA) is 52.0 Å². The number of aromatic nitrogens is 3. The number of alkyl halides is 3. The molecule has 0 aliphatic carbocycles. The predicted molar refractivity (Wildman–Crippen MR) is 110 cm³/mol. The van der Waals surface area contributed by atoms with Crippen molar-refractivity contribution in [2.24, 2.45) is 7.05 Å². The van der Waals surface area contributed by atoms with Gasteiger partial charge in [-0.3, -0.25) is 0 Å². The van der Waals surface area contributed by atoms with Crippen LogP contribution in [0.5, 0.6) is 5.75 Å². The number of methoxy groups -OCH3 is 1. The summed E-state index contributed by atoms with van der Waals surface area (Å²) in [6, 6.07) is 13.3. The Balaban J connectivity index is 1.84. The summed E-state index contributed by atoms with van der Waals surface area (Å²) in [6.45, 7) is 0. The summed E-state index contributed by atoms with van der Waals surface area (Å²) in [5.41, 5.74) is 0.151. The molecule has 9 heteroatoms. The van der Waals surface area contributed by atoms with Crippen LogP contribution in [0.2, 0.25) is 5.02 Å². The van der Waals surface area contributed by atoms with Gasteiger partial charge in [0.2, 0.25) is 0 Å². The Morgan fingerprint density at radius 1 is 1.07 bits per heavy atom. The molecule has 4 aromatic rings. The predicted octanol–water partition coefficient (Wildman–Crippen LogP) is 6.06. The van der Waals surface area contributed by atoms with Gasteiger partial charge in [-0.05, 0) is 48.5 Å². The lowest BCUT2D eigenvalue weighted by atomic mass is 10.1. The Hall–Kier alpha value is -3.26. The highest BCUT2D eigenvalue weighted by atomic mass is 35.5. The molecule has 2 aromatic heterocycles. The van der Waals surface area contributed by atoms with Crippen LogP contribution in [0.15, 0.2) is 54.7 Å². The minimum atomic E-state index is -4.60. The number of benzene rings is 2. The highest BCUT2D eigenvalue weighted by Crippen LogP contribution is 2.42. The van der Waals surface area contributed by atoms with Gasteiger partial charge in [-0.15, -0.1) is 0 Å². The van der Waals surface area contributed by atoms with Crippen molar-refractivity contribution in [1.82, 2.24) is 14.5 Å². The summed E-state index contributed by atoms with van der Waals surface area (Å²) < 4.78 is 48.0. The Morgan fingerprint density at radius 3 is 2.47 bits per heavy atom. The maximum absolute atomic E-state index is 13.9. The van der Waals surface area contributed by atoms with Crippen LogP contribution < -0.4 is 10.1 Å². The third kappa shape index (κ3) is 3.66. The van der Waals surface area contributed by atoms with Crippen LogP contribution in [0.4, 0.5) is 24.7 Å². The van der Waals surface area contributed by atoms with Gasteiger partial charge in [0.05, 0.1) is 12.7 Å². The summed E-state index contributed by atoms with van der Waals surface area (Å²) in [6.07, 6.45) is -3.18. The molecule has 0 unspecified atom stereocenters. The second kappa shape index (κ2) is 7.53. The molecule has 0 spiro atoms. The SMILES string of the molecule is COc1ccc(Nc2ccnc(-c3c(C(F)(F)F)n(C)c4ccc(Cl)cc34)n2)cc1. The Morgan fingerprint density at radius 2 is 1.80 bits per heavy atom. The van der Waals surface area contributed by atoms with Gasteiger partial charge in [0.1, 0.15) is 17.3 Å². The van der Waals surface area contributed by atoms with Crippen molar-refractivity contribution in [2.45, 2.75) is 6.18 Å². The van der Waals surface area contributed by atoms with Gasteiger partial charge >= 0.3 is 6.18 Å². The molecule has 0 amide bonds. The van der Waals surface area contributed by atoms with Crippen LogP contribution in [0.25, 0.3) is 22.3 Å². The van der Waals surface area contributed by atoms with E-state index in [2.05, 4.69) is 15.3 Å². The van der Waals surface area contributed by atoms with E-state index in [0.717, 1.165) is 4.57 Å². The number of halogens is 4. The van der Waals surface area contributed by atoms with Gasteiger partial charge in [-0.1, -0.05) is 11.6 Å². The zero-order valence-corrected chi connectivity index (χ0v) is 16.7. The summed E-state index contributed by atoms with van der Waals surface area (Å²) in [4.78, 5) is 8.46. The number of hydrogen-bond donors (Lipinski definition) is 1. The van der Waals surface area contributed by atoms with Gasteiger partial charge in [0.15, 0.2) is 5.82 Å². The van der Waals surface area contributed by atoms with Gasteiger partial charge < -0.3 is 14.6 Å². The molecule has 0 fully saturated rings. The first-order chi connectivity index (χ1) is 14.3. The van der Waals surface area contributed by atoms with Crippen LogP contribution in [0, 0.1) is 0 Å². The van der Waals surface area contributed by atoms with Crippen molar-refractivity contribution in [3.05, 3.63) is 65.4 Å². The van der Waals surface area contributed by atoms with Crippen LogP contribution in [0.1, 0.15) is 5.69 Å². The molecule has 2 heterocycles. The van der Waals surface area contributed by atoms with E-state index in [1.54, 1.807) is 49.6 Å². The minimum Gasteiger partial charge on any atom is -0.497 e. The molecule has 0 saturated heterocycles. The van der Waals surface area contributed by atoms with Crippen molar-refractivity contribution >= 4 is 34.0 Å². The molecule has 0 saturated carbocycles. The number of aryl methyl sites for hydroxylation is 1. The highest BCUT2D eigenvalue weighted by Gasteiger charge is 2.39. The molecule has 4 rings (SSSR count). The molecule has 0 aliphatic heterocycles. The van der Waals surface area contributed by atoms with E-state index in [-0.39, 0.29) is 11.4 Å². The molecular weight excluding hydrogens is 417 g/mol. The van der Waals surface area contributed by atoms with Crippen molar-refractivity contribution < 1.29 is 17.9 Å². The van der Waals surface area contributed by atoms with Gasteiger partial charge in [-0.25, -0.2) is 9.97 Å². The van der Waals surface area contributed by atoms with E-state index in [0.29, 0.717) is 33.2 Å². The van der Waals surface area contributed by atoms with E-state index >= 15 is 0 Å². The number of nitrogens with one attached hydrogen (secondary N) is 1. The van der Waals surface area contributed by atoms with Gasteiger partial charge in [-0.2, -0.15) is 13.2 Å². The molecule has 30 heavy (non-hydrogen) atoms. The highest BCUT2D eigenvalue weighted by molar-refractivity contribution is 6.31. The van der Waals surface area contributed by atoms with Gasteiger partial charge in [0.25, 0.3) is 0 Å². The third-order valence-corrected chi connectivity index (χ3v) is 4.91. The zero-order chi connectivity index (χ0) is 21.5. The summed E-state index contributed by atoms with van der Waals surface area (Å²) >= 11 is 6.06. The van der Waals surface area contributed by atoms with E-state index in [1.807, 2.05) is 0 Å². The number of nitrogens with zero attached hydrogens (tertiary/aromatic N) is 3. The minimum absolute atomic E-state index is 0.0475. The molecule has 0 radical (unpaired) electrons. The standard InChI is InChI=1S/C21H16ClF3N4O/c1-29-16-8-3-12(22)11-15(16)18(19(29)21(23,24)25)20-26-10-9-17(28-20)27-13-4-6-14(30-2)7-5-13/h3-11H,1-2H3,(H,26,27,28). The fraction of sp³-hybridized carbons (Fsp3) is 0.143. The summed E-state index contributed by atoms with van der Waals surface area (Å²) in [5.74, 6) is 0.998. The lowest BCUT2D eigenvalue weighted by Gasteiger charge is -2.12. The Bertz CT molecular complexity index is 1220. The van der Waals surface area contributed by atoms with E-state index in [9.17, 15) is 13.2 Å². The van der Waals surface area contributed by atoms with Crippen LogP contribution >= 0.6 is 11.6 Å². The largest absolute Gasteiger partial charge is 0.497 e.